The topological polar surface area (TPSA) is 115 Å². The zero-order valence-corrected chi connectivity index (χ0v) is 25.1. The molecule has 0 amide bonds. The molecule has 2 aliphatic heterocycles. The molecule has 2 aliphatic rings. The summed E-state index contributed by atoms with van der Waals surface area (Å²) < 4.78 is 30.0. The van der Waals surface area contributed by atoms with Crippen LogP contribution in [-0.4, -0.2) is 36.5 Å². The minimum atomic E-state index is -0.780. The Bertz CT molecular complexity index is 1740. The van der Waals surface area contributed by atoms with Gasteiger partial charge in [-0.1, -0.05) is 17.4 Å². The fourth-order valence-corrected chi connectivity index (χ4v) is 6.30. The predicted molar refractivity (Wildman–Crippen MR) is 155 cm³/mol. The molecular weight excluding hydrogens is 651 g/mol. The maximum absolute atomic E-state index is 13.9. The lowest BCUT2D eigenvalue weighted by Gasteiger charge is -2.24. The molecule has 12 heteroatoms. The molecule has 208 valence electrons. The maximum Gasteiger partial charge on any atom is 0.338 e. The van der Waals surface area contributed by atoms with Crippen molar-refractivity contribution in [1.29, 1.82) is 0 Å². The summed E-state index contributed by atoms with van der Waals surface area (Å²) in [6.07, 6.45) is 1.73. The van der Waals surface area contributed by atoms with Gasteiger partial charge in [0.05, 0.1) is 38.6 Å². The lowest BCUT2D eigenvalue weighted by atomic mass is 9.95. The van der Waals surface area contributed by atoms with Crippen LogP contribution in [-0.2, 0) is 14.3 Å². The van der Waals surface area contributed by atoms with E-state index in [1.807, 2.05) is 6.92 Å². The zero-order valence-electron chi connectivity index (χ0n) is 22.1. The fourth-order valence-electron chi connectivity index (χ4n) is 4.52. The van der Waals surface area contributed by atoms with Crippen molar-refractivity contribution in [2.24, 2.45) is 4.99 Å². The Labute approximate surface area is 246 Å². The molecule has 3 aromatic rings. The lowest BCUT2D eigenvalue weighted by Crippen LogP contribution is -2.39. The number of nitrogens with zero attached hydrogens (tertiary/aromatic N) is 2. The van der Waals surface area contributed by atoms with Crippen molar-refractivity contribution in [3.63, 3.8) is 0 Å². The van der Waals surface area contributed by atoms with Gasteiger partial charge in [0.15, 0.2) is 27.8 Å². The summed E-state index contributed by atoms with van der Waals surface area (Å²) in [7, 11) is 0. The Morgan fingerprint density at radius 2 is 1.95 bits per heavy atom. The van der Waals surface area contributed by atoms with E-state index in [-0.39, 0.29) is 24.5 Å². The van der Waals surface area contributed by atoms with E-state index in [0.717, 1.165) is 0 Å². The third kappa shape index (κ3) is 5.24. The van der Waals surface area contributed by atoms with Crippen molar-refractivity contribution < 1.29 is 33.3 Å². The SMILES string of the molecule is CCOC(=O)C1=C(C)N=c2s/c(=C\c3cc(I)c(OC(C)=O)c(OCC)c3)c(=O)n2[C@@H]1c1ccc2c(c1)OCO2. The monoisotopic (exact) mass is 676 g/mol. The molecule has 0 aliphatic carbocycles. The molecule has 0 saturated carbocycles. The first-order chi connectivity index (χ1) is 19.2. The van der Waals surface area contributed by atoms with Crippen molar-refractivity contribution in [2.75, 3.05) is 20.0 Å². The number of fused-ring (bicyclic) bond motifs is 2. The number of ether oxygens (including phenoxy) is 5. The predicted octanol–water partition coefficient (Wildman–Crippen LogP) is 3.46. The number of thiazole rings is 1. The lowest BCUT2D eigenvalue weighted by molar-refractivity contribution is -0.139. The number of carbonyl (C=O) groups is 2. The van der Waals surface area contributed by atoms with Crippen molar-refractivity contribution >= 4 is 51.9 Å². The van der Waals surface area contributed by atoms with Crippen molar-refractivity contribution in [1.82, 2.24) is 4.57 Å². The normalized spacial score (nSPS) is 15.9. The molecule has 0 fully saturated rings. The van der Waals surface area contributed by atoms with Crippen LogP contribution in [0, 0.1) is 3.57 Å². The number of rotatable bonds is 7. The van der Waals surface area contributed by atoms with Crippen LogP contribution in [0.25, 0.3) is 6.08 Å². The van der Waals surface area contributed by atoms with Crippen LogP contribution in [0.15, 0.2) is 51.4 Å². The Balaban J connectivity index is 1.68. The molecule has 10 nitrogen and oxygen atoms in total. The summed E-state index contributed by atoms with van der Waals surface area (Å²) in [5, 5.41) is 0. The summed E-state index contributed by atoms with van der Waals surface area (Å²) in [6.45, 7) is 7.24. The first-order valence-electron chi connectivity index (χ1n) is 12.5. The largest absolute Gasteiger partial charge is 0.490 e. The molecule has 3 heterocycles. The van der Waals surface area contributed by atoms with Gasteiger partial charge >= 0.3 is 11.9 Å². The van der Waals surface area contributed by atoms with Crippen LogP contribution in [0.4, 0.5) is 0 Å². The Kier molecular flexibility index (Phi) is 7.99. The molecule has 40 heavy (non-hydrogen) atoms. The van der Waals surface area contributed by atoms with Crippen LogP contribution >= 0.6 is 33.9 Å². The number of hydrogen-bond acceptors (Lipinski definition) is 10. The summed E-state index contributed by atoms with van der Waals surface area (Å²) in [5.41, 5.74) is 1.76. The van der Waals surface area contributed by atoms with Gasteiger partial charge in [-0.05, 0) is 84.8 Å². The number of allylic oxidation sites excluding steroid dienone is 1. The number of benzene rings is 2. The number of esters is 2. The van der Waals surface area contributed by atoms with E-state index < -0.39 is 18.0 Å². The van der Waals surface area contributed by atoms with Gasteiger partial charge in [0.1, 0.15) is 0 Å². The van der Waals surface area contributed by atoms with Crippen molar-refractivity contribution in [3.05, 3.63) is 76.0 Å². The number of carbonyl (C=O) groups excluding carboxylic acids is 2. The minimum absolute atomic E-state index is 0.0971. The summed E-state index contributed by atoms with van der Waals surface area (Å²) in [5.74, 6) is 0.831. The third-order valence-electron chi connectivity index (χ3n) is 6.10. The van der Waals surface area contributed by atoms with E-state index in [0.29, 0.717) is 59.3 Å². The van der Waals surface area contributed by atoms with Crippen molar-refractivity contribution in [3.8, 4) is 23.0 Å². The Morgan fingerprint density at radius 3 is 2.67 bits per heavy atom. The Morgan fingerprint density at radius 1 is 1.18 bits per heavy atom. The van der Waals surface area contributed by atoms with E-state index in [4.69, 9.17) is 23.7 Å². The highest BCUT2D eigenvalue weighted by Gasteiger charge is 2.34. The molecule has 0 saturated heterocycles. The number of halogens is 1. The van der Waals surface area contributed by atoms with Gasteiger partial charge in [0.2, 0.25) is 6.79 Å². The van der Waals surface area contributed by atoms with Gasteiger partial charge < -0.3 is 23.7 Å². The molecule has 1 atom stereocenters. The smallest absolute Gasteiger partial charge is 0.338 e. The second-order valence-corrected chi connectivity index (χ2v) is 10.9. The summed E-state index contributed by atoms with van der Waals surface area (Å²) >= 11 is 3.27. The number of aromatic nitrogens is 1. The summed E-state index contributed by atoms with van der Waals surface area (Å²) in [6, 6.07) is 8.06. The molecular formula is C28H25IN2O8S. The molecule has 0 N–H and O–H groups in total. The molecule has 1 aromatic heterocycles. The molecule has 0 radical (unpaired) electrons. The Hall–Kier alpha value is -3.65. The van der Waals surface area contributed by atoms with Gasteiger partial charge in [-0.2, -0.15) is 0 Å². The average molecular weight is 676 g/mol. The van der Waals surface area contributed by atoms with Gasteiger partial charge in [-0.15, -0.1) is 0 Å². The van der Waals surface area contributed by atoms with Crippen LogP contribution in [0.1, 0.15) is 44.9 Å². The van der Waals surface area contributed by atoms with Crippen LogP contribution in [0.3, 0.4) is 0 Å². The zero-order chi connectivity index (χ0) is 28.6. The highest BCUT2D eigenvalue weighted by molar-refractivity contribution is 14.1. The van der Waals surface area contributed by atoms with Gasteiger partial charge in [-0.3, -0.25) is 14.2 Å². The first kappa shape index (κ1) is 27.9. The summed E-state index contributed by atoms with van der Waals surface area (Å²) in [4.78, 5) is 43.7. The molecule has 0 bridgehead atoms. The van der Waals surface area contributed by atoms with E-state index in [2.05, 4.69) is 27.6 Å². The number of hydrogen-bond donors (Lipinski definition) is 0. The van der Waals surface area contributed by atoms with E-state index in [1.165, 1.54) is 22.8 Å². The highest BCUT2D eigenvalue weighted by atomic mass is 127. The van der Waals surface area contributed by atoms with Crippen molar-refractivity contribution in [2.45, 2.75) is 33.7 Å². The van der Waals surface area contributed by atoms with Crippen LogP contribution < -0.4 is 33.8 Å². The van der Waals surface area contributed by atoms with E-state index in [9.17, 15) is 14.4 Å². The fraction of sp³-hybridized carbons (Fsp3) is 0.286. The molecule has 2 aromatic carbocycles. The molecule has 5 rings (SSSR count). The second-order valence-electron chi connectivity index (χ2n) is 8.77. The average Bonchev–Trinajstić information content (AvgIpc) is 3.49. The van der Waals surface area contributed by atoms with Crippen LogP contribution in [0.2, 0.25) is 0 Å². The maximum atomic E-state index is 13.9. The second kappa shape index (κ2) is 11.5. The van der Waals surface area contributed by atoms with Gasteiger partial charge in [0, 0.05) is 6.92 Å². The van der Waals surface area contributed by atoms with Crippen LogP contribution in [0.5, 0.6) is 23.0 Å². The van der Waals surface area contributed by atoms with E-state index >= 15 is 0 Å². The van der Waals surface area contributed by atoms with Gasteiger partial charge in [0.25, 0.3) is 5.56 Å². The van der Waals surface area contributed by atoms with Gasteiger partial charge in [-0.25, -0.2) is 9.79 Å². The first-order valence-corrected chi connectivity index (χ1v) is 14.3. The minimum Gasteiger partial charge on any atom is -0.490 e. The standard InChI is InChI=1S/C28H25IN2O8S/c1-5-35-21-10-16(9-18(29)25(21)39-15(4)32)11-22-26(33)31-24(17-7-8-19-20(12-17)38-13-37-19)23(27(34)36-6-2)14(3)30-28(31)40-22/h7-12,24H,5-6,13H2,1-4H3/b22-11-/t24-/m1/s1. The molecule has 0 spiro atoms. The quantitative estimate of drug-likeness (QED) is 0.213. The molecule has 0 unspecified atom stereocenters. The van der Waals surface area contributed by atoms with E-state index in [1.54, 1.807) is 50.3 Å². The third-order valence-corrected chi connectivity index (χ3v) is 7.89. The highest BCUT2D eigenvalue weighted by Crippen LogP contribution is 2.38.